The Bertz CT molecular complexity index is 1910. The van der Waals surface area contributed by atoms with Gasteiger partial charge >= 0.3 is 0 Å². The van der Waals surface area contributed by atoms with Crippen LogP contribution in [0.25, 0.3) is 11.1 Å². The normalized spacial score (nSPS) is 15.1. The van der Waals surface area contributed by atoms with Gasteiger partial charge in [0.1, 0.15) is 24.0 Å². The van der Waals surface area contributed by atoms with Crippen LogP contribution in [0.1, 0.15) is 42.2 Å². The minimum Gasteiger partial charge on any atom is -0.391 e. The monoisotopic (exact) mass is 851 g/mol. The molecule has 19 nitrogen and oxygen atoms in total. The number of hydrogen-bond donors (Lipinski definition) is 11. The lowest BCUT2D eigenvalue weighted by atomic mass is 9.98. The summed E-state index contributed by atoms with van der Waals surface area (Å²) in [5.41, 5.74) is 22.3. The molecule has 0 unspecified atom stereocenters. The summed E-state index contributed by atoms with van der Waals surface area (Å²) in [4.78, 5) is 93.9. The number of nitrogens with two attached hydrogens (primary N) is 4. The topological polar surface area (TPSA) is 329 Å². The molecule has 0 spiro atoms. The second-order valence-electron chi connectivity index (χ2n) is 14.2. The number of hydrogen-bond acceptors (Lipinski definition) is 15. The van der Waals surface area contributed by atoms with Crippen molar-refractivity contribution in [3.8, 4) is 11.1 Å². The van der Waals surface area contributed by atoms with Crippen LogP contribution >= 0.6 is 11.6 Å². The molecule has 3 rings (SSSR count). The summed E-state index contributed by atoms with van der Waals surface area (Å²) in [5.74, 6) is -4.54. The summed E-state index contributed by atoms with van der Waals surface area (Å²) < 4.78 is 0. The van der Waals surface area contributed by atoms with Gasteiger partial charge in [0.25, 0.3) is 17.6 Å². The van der Waals surface area contributed by atoms with Gasteiger partial charge in [-0.2, -0.15) is 0 Å². The average molecular weight is 852 g/mol. The Kier molecular flexibility index (Phi) is 19.5. The average Bonchev–Trinajstić information content (AvgIpc) is 3.24. The maximum atomic E-state index is 13.5. The predicted octanol–water partition coefficient (Wildman–Crippen LogP) is -2.25. The van der Waals surface area contributed by atoms with Crippen molar-refractivity contribution in [2.45, 2.75) is 68.2 Å². The summed E-state index contributed by atoms with van der Waals surface area (Å²) in [6, 6.07) is 16.3. The van der Waals surface area contributed by atoms with Gasteiger partial charge in [-0.05, 0) is 73.8 Å². The van der Waals surface area contributed by atoms with Gasteiger partial charge in [0.2, 0.25) is 11.8 Å². The first-order chi connectivity index (χ1) is 28.6. The third-order valence-corrected chi connectivity index (χ3v) is 9.60. The molecule has 6 atom stereocenters. The number of carbonyl (C=O) groups is 7. The van der Waals surface area contributed by atoms with Crippen LogP contribution in [0.15, 0.2) is 72.9 Å². The van der Waals surface area contributed by atoms with Gasteiger partial charge in [0, 0.05) is 55.1 Å². The largest absolute Gasteiger partial charge is 0.391 e. The minimum absolute atomic E-state index is 0.0937. The highest BCUT2D eigenvalue weighted by Gasteiger charge is 2.37. The van der Waals surface area contributed by atoms with Gasteiger partial charge in [-0.15, -0.1) is 0 Å². The Morgan fingerprint density at radius 2 is 1.53 bits per heavy atom. The second-order valence-corrected chi connectivity index (χ2v) is 14.6. The van der Waals surface area contributed by atoms with E-state index < -0.39 is 84.6 Å². The number of pyridine rings is 1. The van der Waals surface area contributed by atoms with Crippen molar-refractivity contribution >= 4 is 53.6 Å². The molecule has 60 heavy (non-hydrogen) atoms. The molecule has 0 aliphatic carbocycles. The molecule has 0 bridgehead atoms. The lowest BCUT2D eigenvalue weighted by Gasteiger charge is -2.33. The number of aldehydes is 2. The number of aliphatic hydroxyl groups excluding tert-OH is 1. The van der Waals surface area contributed by atoms with Crippen LogP contribution < -0.4 is 54.8 Å². The Labute approximate surface area is 352 Å². The smallest absolute Gasteiger partial charge is 0.291 e. The maximum Gasteiger partial charge on any atom is 0.291 e. The quantitative estimate of drug-likeness (QED) is 0.0176. The van der Waals surface area contributed by atoms with Crippen LogP contribution in [0.5, 0.6) is 0 Å². The first-order valence-corrected chi connectivity index (χ1v) is 19.5. The molecule has 1 aromatic heterocycles. The highest BCUT2D eigenvalue weighted by Crippen LogP contribution is 2.22. The molecular weight excluding hydrogens is 798 g/mol. The number of nitrogens with one attached hydrogen (secondary N) is 6. The van der Waals surface area contributed by atoms with E-state index in [0.717, 1.165) is 11.1 Å². The fourth-order valence-electron chi connectivity index (χ4n) is 5.75. The van der Waals surface area contributed by atoms with Crippen LogP contribution in [0.2, 0.25) is 5.02 Å². The zero-order valence-corrected chi connectivity index (χ0v) is 34.0. The Morgan fingerprint density at radius 1 is 0.867 bits per heavy atom. The van der Waals surface area contributed by atoms with Gasteiger partial charge < -0.3 is 64.7 Å². The number of aromatic nitrogens is 1. The standard InChI is InChI=1S/C40H54ClN11O8/c1-25(55)32(49-21-39(20-43,23-53)51-35(57)28-10-8-26(9-11-28)27-12-14-29(41)15-13-27)37(59)52-40(45,24-54)22-48-31(7-2-4-17-42)36(58)50-34(44)33(56)38(60)47-19-16-30-6-3-5-18-46-30/h3,5-6,8-15,18,23-25,31-32,34,48-49,55H,2,4,7,16-17,19-22,42-45H2,1H3,(H,47,60)(H,50,58)(H,51,57)(H,52,59)/t25-,31+,32+,34-,39-,40-/m1/s1. The van der Waals surface area contributed by atoms with Crippen LogP contribution in [-0.4, -0.2) is 120 Å². The van der Waals surface area contributed by atoms with E-state index in [2.05, 4.69) is 36.9 Å². The second kappa shape index (κ2) is 23.9. The number of aliphatic hydroxyl groups is 1. The minimum atomic E-state index is -2.16. The molecule has 0 aliphatic heterocycles. The van der Waals surface area contributed by atoms with Crippen molar-refractivity contribution in [2.75, 3.05) is 32.7 Å². The fraction of sp³-hybridized carbons (Fsp3) is 0.400. The first kappa shape index (κ1) is 48.9. The molecule has 2 aromatic carbocycles. The fourth-order valence-corrected chi connectivity index (χ4v) is 5.87. The molecule has 0 radical (unpaired) electrons. The Hall–Kier alpha value is -5.51. The van der Waals surface area contributed by atoms with Crippen molar-refractivity contribution in [3.05, 3.63) is 89.2 Å². The zero-order valence-electron chi connectivity index (χ0n) is 33.2. The molecule has 0 saturated heterocycles. The summed E-state index contributed by atoms with van der Waals surface area (Å²) in [6.07, 6.45) is 0.489. The van der Waals surface area contributed by atoms with Gasteiger partial charge in [-0.25, -0.2) is 0 Å². The number of benzene rings is 2. The van der Waals surface area contributed by atoms with E-state index in [-0.39, 0.29) is 24.8 Å². The van der Waals surface area contributed by atoms with Crippen LogP contribution in [-0.2, 0) is 35.2 Å². The lowest BCUT2D eigenvalue weighted by Crippen LogP contribution is -2.69. The summed E-state index contributed by atoms with van der Waals surface area (Å²) >= 11 is 5.98. The molecule has 0 aliphatic rings. The van der Waals surface area contributed by atoms with E-state index >= 15 is 0 Å². The van der Waals surface area contributed by atoms with E-state index in [4.69, 9.17) is 34.5 Å². The number of ketones is 1. The Balaban J connectivity index is 1.62. The van der Waals surface area contributed by atoms with Crippen molar-refractivity contribution in [3.63, 3.8) is 0 Å². The number of amides is 4. The molecule has 3 aromatic rings. The van der Waals surface area contributed by atoms with E-state index in [1.54, 1.807) is 60.8 Å². The lowest BCUT2D eigenvalue weighted by molar-refractivity contribution is -0.140. The molecular formula is C40H54ClN11O8. The molecule has 1 heterocycles. The van der Waals surface area contributed by atoms with Crippen molar-refractivity contribution < 1.29 is 38.7 Å². The zero-order chi connectivity index (χ0) is 44.3. The van der Waals surface area contributed by atoms with Crippen molar-refractivity contribution in [2.24, 2.45) is 22.9 Å². The maximum absolute atomic E-state index is 13.5. The molecule has 20 heteroatoms. The highest BCUT2D eigenvalue weighted by atomic mass is 35.5. The van der Waals surface area contributed by atoms with E-state index in [0.29, 0.717) is 42.8 Å². The number of Topliss-reactive ketones (excluding diaryl/α,β-unsaturated/α-hetero) is 1. The van der Waals surface area contributed by atoms with Crippen LogP contribution in [0.4, 0.5) is 0 Å². The van der Waals surface area contributed by atoms with Gasteiger partial charge in [0.15, 0.2) is 11.9 Å². The summed E-state index contributed by atoms with van der Waals surface area (Å²) in [6.45, 7) is 0.318. The molecule has 324 valence electrons. The van der Waals surface area contributed by atoms with E-state index in [1.807, 2.05) is 12.1 Å². The summed E-state index contributed by atoms with van der Waals surface area (Å²) in [5, 5.41) is 26.3. The number of rotatable bonds is 26. The Morgan fingerprint density at radius 3 is 2.10 bits per heavy atom. The van der Waals surface area contributed by atoms with Crippen molar-refractivity contribution in [1.29, 1.82) is 0 Å². The SMILES string of the molecule is C[C@@H](O)[C@H](NC[C@@](C=O)(CN)NC(=O)c1ccc(-c2ccc(Cl)cc2)cc1)C(=O)N[C@@](N)(C=O)CN[C@@H](CCCCN)C(=O)N[C@@H](N)C(=O)C(=O)NCCc1ccccn1. The van der Waals surface area contributed by atoms with E-state index in [9.17, 15) is 38.7 Å². The van der Waals surface area contributed by atoms with Crippen molar-refractivity contribution in [1.82, 2.24) is 36.9 Å². The molecule has 4 amide bonds. The molecule has 15 N–H and O–H groups in total. The van der Waals surface area contributed by atoms with Crippen LogP contribution in [0.3, 0.4) is 0 Å². The number of carbonyl (C=O) groups excluding carboxylic acids is 7. The number of unbranched alkanes of at least 4 members (excludes halogenated alkanes) is 1. The van der Waals surface area contributed by atoms with Crippen LogP contribution in [0, 0.1) is 0 Å². The molecule has 0 saturated carbocycles. The predicted molar refractivity (Wildman–Crippen MR) is 224 cm³/mol. The highest BCUT2D eigenvalue weighted by molar-refractivity contribution is 6.38. The van der Waals surface area contributed by atoms with Gasteiger partial charge in [0.05, 0.1) is 12.1 Å². The number of nitrogens with zero attached hydrogens (tertiary/aromatic N) is 1. The summed E-state index contributed by atoms with van der Waals surface area (Å²) in [7, 11) is 0. The first-order valence-electron chi connectivity index (χ1n) is 19.1. The van der Waals surface area contributed by atoms with E-state index in [1.165, 1.54) is 6.92 Å². The van der Waals surface area contributed by atoms with Gasteiger partial charge in [-0.3, -0.25) is 33.8 Å². The molecule has 0 fully saturated rings. The third-order valence-electron chi connectivity index (χ3n) is 9.35. The number of halogens is 1. The third kappa shape index (κ3) is 14.9. The van der Waals surface area contributed by atoms with Gasteiger partial charge in [-0.1, -0.05) is 48.4 Å².